The highest BCUT2D eigenvalue weighted by molar-refractivity contribution is 5.76. The maximum Gasteiger partial charge on any atom is 0.0547 e. The van der Waals surface area contributed by atoms with Gasteiger partial charge in [0.15, 0.2) is 0 Å². The Morgan fingerprint density at radius 1 is 0.806 bits per heavy atom. The van der Waals surface area contributed by atoms with E-state index < -0.39 is 0 Å². The molecule has 0 fully saturated rings. The van der Waals surface area contributed by atoms with Crippen LogP contribution in [0.1, 0.15) is 49.4 Å². The molecule has 2 aliphatic carbocycles. The Morgan fingerprint density at radius 2 is 1.53 bits per heavy atom. The van der Waals surface area contributed by atoms with E-state index in [1.807, 2.05) is 36.7 Å². The van der Waals surface area contributed by atoms with Crippen molar-refractivity contribution in [2.75, 3.05) is 7.05 Å². The summed E-state index contributed by atoms with van der Waals surface area (Å²) in [5.74, 6) is 0. The van der Waals surface area contributed by atoms with Gasteiger partial charge in [-0.3, -0.25) is 4.90 Å². The van der Waals surface area contributed by atoms with Crippen LogP contribution in [0.4, 0.5) is 0 Å². The van der Waals surface area contributed by atoms with Crippen LogP contribution in [0.25, 0.3) is 23.3 Å². The van der Waals surface area contributed by atoms with Crippen molar-refractivity contribution in [3.63, 3.8) is 0 Å². The summed E-state index contributed by atoms with van der Waals surface area (Å²) in [5, 5.41) is 5.82. The van der Waals surface area contributed by atoms with Gasteiger partial charge < -0.3 is 5.32 Å². The molecule has 2 heteroatoms. The average Bonchev–Trinajstić information content (AvgIpc) is 3.22. The summed E-state index contributed by atoms with van der Waals surface area (Å²) in [5.41, 5.74) is 7.28. The van der Waals surface area contributed by atoms with Crippen molar-refractivity contribution >= 4 is 12.2 Å². The second-order valence-corrected chi connectivity index (χ2v) is 10.5. The van der Waals surface area contributed by atoms with Gasteiger partial charge in [0.25, 0.3) is 0 Å². The van der Waals surface area contributed by atoms with Gasteiger partial charge >= 0.3 is 0 Å². The molecule has 6 rings (SSSR count). The van der Waals surface area contributed by atoms with E-state index in [2.05, 4.69) is 110 Å². The molecule has 0 spiro atoms. The number of allylic oxidation sites excluding steroid dienone is 4. The van der Waals surface area contributed by atoms with Gasteiger partial charge in [0, 0.05) is 18.9 Å². The zero-order valence-corrected chi connectivity index (χ0v) is 21.6. The van der Waals surface area contributed by atoms with Crippen molar-refractivity contribution in [2.45, 2.75) is 44.7 Å². The summed E-state index contributed by atoms with van der Waals surface area (Å²) < 4.78 is 0. The first kappa shape index (κ1) is 24.1. The number of hydrogen-bond donors (Lipinski definition) is 1. The molecule has 0 bridgehead atoms. The molecule has 3 aromatic rings. The van der Waals surface area contributed by atoms with Crippen molar-refractivity contribution in [2.24, 2.45) is 0 Å². The van der Waals surface area contributed by atoms with E-state index in [-0.39, 0.29) is 11.5 Å². The Labute approximate surface area is 215 Å². The Kier molecular flexibility index (Phi) is 7.06. The Morgan fingerprint density at radius 3 is 2.31 bits per heavy atom. The molecular formula is C34H36N2. The van der Waals surface area contributed by atoms with Crippen LogP contribution < -0.4 is 15.8 Å². The van der Waals surface area contributed by atoms with Crippen molar-refractivity contribution < 1.29 is 0 Å². The first-order valence-corrected chi connectivity index (χ1v) is 13.0. The number of hydrogen-bond acceptors (Lipinski definition) is 2. The topological polar surface area (TPSA) is 15.3 Å². The lowest BCUT2D eigenvalue weighted by atomic mass is 9.74. The number of benzene rings is 3. The van der Waals surface area contributed by atoms with Gasteiger partial charge in [-0.15, -0.1) is 0 Å². The van der Waals surface area contributed by atoms with Crippen LogP contribution in [0.5, 0.6) is 0 Å². The van der Waals surface area contributed by atoms with Crippen molar-refractivity contribution in [1.29, 1.82) is 0 Å². The predicted octanol–water partition coefficient (Wildman–Crippen LogP) is 6.35. The monoisotopic (exact) mass is 472 g/mol. The molecule has 2 nitrogen and oxygen atoms in total. The summed E-state index contributed by atoms with van der Waals surface area (Å²) in [6.07, 6.45) is 19.0. The van der Waals surface area contributed by atoms with E-state index in [0.29, 0.717) is 0 Å². The lowest BCUT2D eigenvalue weighted by molar-refractivity contribution is 0.289. The summed E-state index contributed by atoms with van der Waals surface area (Å²) >= 11 is 0. The maximum atomic E-state index is 2.92. The van der Waals surface area contributed by atoms with Crippen molar-refractivity contribution in [3.05, 3.63) is 131 Å². The minimum Gasteiger partial charge on any atom is -0.368 e. The number of fused-ring (bicyclic) bond motifs is 5. The van der Waals surface area contributed by atoms with E-state index in [9.17, 15) is 0 Å². The molecule has 0 saturated carbocycles. The highest BCUT2D eigenvalue weighted by atomic mass is 15.1. The fourth-order valence-corrected chi connectivity index (χ4v) is 5.56. The third-order valence-electron chi connectivity index (χ3n) is 7.50. The molecule has 0 saturated heterocycles. The zero-order chi connectivity index (χ0) is 25.0. The Balaban J connectivity index is 0.000000330. The third kappa shape index (κ3) is 5.01. The molecule has 182 valence electrons. The Hall–Kier alpha value is -3.62. The van der Waals surface area contributed by atoms with E-state index >= 15 is 0 Å². The smallest absolute Gasteiger partial charge is 0.0547 e. The number of rotatable bonds is 3. The van der Waals surface area contributed by atoms with Crippen LogP contribution in [0.3, 0.4) is 0 Å². The van der Waals surface area contributed by atoms with Crippen LogP contribution in [0, 0.1) is 0 Å². The SMILES string of the molecule is C1=CC=CNC=C1.CN(Cc1ccccc1)C1C=c2c(ccc3c2=CCCC3(C)C)-c2ccccc21. The second-order valence-electron chi connectivity index (χ2n) is 10.5. The van der Waals surface area contributed by atoms with Crippen LogP contribution in [0.2, 0.25) is 0 Å². The maximum absolute atomic E-state index is 2.92. The summed E-state index contributed by atoms with van der Waals surface area (Å²) in [4.78, 5) is 2.48. The van der Waals surface area contributed by atoms with E-state index in [1.54, 1.807) is 0 Å². The highest BCUT2D eigenvalue weighted by Gasteiger charge is 2.28. The fourth-order valence-electron chi connectivity index (χ4n) is 5.56. The Bertz CT molecular complexity index is 1410. The summed E-state index contributed by atoms with van der Waals surface area (Å²) in [7, 11) is 2.25. The predicted molar refractivity (Wildman–Crippen MR) is 154 cm³/mol. The van der Waals surface area contributed by atoms with Crippen LogP contribution in [-0.4, -0.2) is 11.9 Å². The van der Waals surface area contributed by atoms with Gasteiger partial charge in [0.1, 0.15) is 0 Å². The normalized spacial score (nSPS) is 18.3. The van der Waals surface area contributed by atoms with Gasteiger partial charge in [-0.1, -0.05) is 105 Å². The van der Waals surface area contributed by atoms with Crippen LogP contribution in [-0.2, 0) is 12.0 Å². The van der Waals surface area contributed by atoms with Crippen molar-refractivity contribution in [3.8, 4) is 11.1 Å². The summed E-state index contributed by atoms with van der Waals surface area (Å²) in [6, 6.07) is 24.8. The standard InChI is InChI=1S/C28H29N.C6H7N/c1-28(2)17-9-14-23-25-18-27(29(3)19-20-10-5-4-6-11-20)24-13-8-7-12-21(24)22(25)15-16-26(23)28;1-2-4-6-7-5-3-1/h4-8,10-16,18,27H,9,17,19H2,1-3H3;1-7H. The van der Waals surface area contributed by atoms with Gasteiger partial charge in [0.2, 0.25) is 0 Å². The average molecular weight is 473 g/mol. The lowest BCUT2D eigenvalue weighted by Gasteiger charge is -2.33. The van der Waals surface area contributed by atoms with Gasteiger partial charge in [-0.25, -0.2) is 0 Å². The molecule has 1 N–H and O–H groups in total. The lowest BCUT2D eigenvalue weighted by Crippen LogP contribution is -2.41. The minimum absolute atomic E-state index is 0.245. The molecule has 3 aliphatic rings. The largest absolute Gasteiger partial charge is 0.368 e. The highest BCUT2D eigenvalue weighted by Crippen LogP contribution is 2.36. The number of nitrogens with zero attached hydrogens (tertiary/aromatic N) is 1. The van der Waals surface area contributed by atoms with E-state index in [4.69, 9.17) is 0 Å². The number of nitrogens with one attached hydrogen (secondary N) is 1. The molecule has 1 heterocycles. The molecule has 3 aromatic carbocycles. The second kappa shape index (κ2) is 10.6. The van der Waals surface area contributed by atoms with E-state index in [1.165, 1.54) is 44.7 Å². The molecule has 1 unspecified atom stereocenters. The molecule has 0 radical (unpaired) electrons. The van der Waals surface area contributed by atoms with Gasteiger partial charge in [0.05, 0.1) is 6.04 Å². The fraction of sp³-hybridized carbons (Fsp3) is 0.235. The van der Waals surface area contributed by atoms with Crippen molar-refractivity contribution in [1.82, 2.24) is 10.2 Å². The molecule has 0 aromatic heterocycles. The molecule has 0 amide bonds. The molecule has 1 atom stereocenters. The first-order chi connectivity index (χ1) is 17.5. The van der Waals surface area contributed by atoms with Gasteiger partial charge in [-0.2, -0.15) is 0 Å². The quantitative estimate of drug-likeness (QED) is 0.478. The zero-order valence-electron chi connectivity index (χ0n) is 21.6. The van der Waals surface area contributed by atoms with Crippen LogP contribution in [0.15, 0.2) is 103 Å². The minimum atomic E-state index is 0.245. The third-order valence-corrected chi connectivity index (χ3v) is 7.50. The summed E-state index contributed by atoms with van der Waals surface area (Å²) in [6.45, 7) is 5.72. The first-order valence-electron chi connectivity index (χ1n) is 13.0. The molecular weight excluding hydrogens is 436 g/mol. The molecule has 36 heavy (non-hydrogen) atoms. The van der Waals surface area contributed by atoms with Gasteiger partial charge in [-0.05, 0) is 75.7 Å². The molecule has 1 aliphatic heterocycles. The van der Waals surface area contributed by atoms with Crippen LogP contribution >= 0.6 is 0 Å². The van der Waals surface area contributed by atoms with E-state index in [0.717, 1.165) is 13.0 Å².